The summed E-state index contributed by atoms with van der Waals surface area (Å²) in [6, 6.07) is 11.3. The van der Waals surface area contributed by atoms with Gasteiger partial charge in [-0.3, -0.25) is 0 Å². The highest BCUT2D eigenvalue weighted by molar-refractivity contribution is 7.09. The third kappa shape index (κ3) is 3.34. The highest BCUT2D eigenvalue weighted by Gasteiger charge is 2.07. The van der Waals surface area contributed by atoms with Crippen molar-refractivity contribution < 1.29 is 9.90 Å². The van der Waals surface area contributed by atoms with Gasteiger partial charge >= 0.3 is 5.97 Å². The van der Waals surface area contributed by atoms with Crippen LogP contribution in [-0.4, -0.2) is 17.1 Å². The van der Waals surface area contributed by atoms with Crippen LogP contribution in [0.2, 0.25) is 0 Å². The molecule has 0 aliphatic rings. The Kier molecular flexibility index (Phi) is 3.99. The predicted molar refractivity (Wildman–Crippen MR) is 74.5 cm³/mol. The number of benzene rings is 1. The summed E-state index contributed by atoms with van der Waals surface area (Å²) in [5.41, 5.74) is 1.15. The van der Waals surface area contributed by atoms with Gasteiger partial charge in [-0.1, -0.05) is 12.1 Å². The summed E-state index contributed by atoms with van der Waals surface area (Å²) in [7, 11) is 0. The molecule has 0 saturated heterocycles. The summed E-state index contributed by atoms with van der Waals surface area (Å²) >= 11 is 1.74. The summed E-state index contributed by atoms with van der Waals surface area (Å²) in [6.07, 6.45) is 0.939. The third-order valence-corrected chi connectivity index (χ3v) is 3.51. The minimum absolute atomic E-state index is 0.271. The van der Waals surface area contributed by atoms with E-state index in [-0.39, 0.29) is 6.04 Å². The van der Waals surface area contributed by atoms with Gasteiger partial charge in [0, 0.05) is 23.0 Å². The van der Waals surface area contributed by atoms with Crippen LogP contribution in [0.3, 0.4) is 0 Å². The quantitative estimate of drug-likeness (QED) is 0.866. The minimum atomic E-state index is -0.899. The molecule has 0 fully saturated rings. The zero-order chi connectivity index (χ0) is 13.0. The SMILES string of the molecule is CC(Cc1cccs1)Nc1cccc(C(=O)O)c1. The van der Waals surface area contributed by atoms with Crippen LogP contribution in [0.4, 0.5) is 5.69 Å². The molecule has 1 unspecified atom stereocenters. The van der Waals surface area contributed by atoms with Gasteiger partial charge in [-0.25, -0.2) is 4.79 Å². The Labute approximate surface area is 110 Å². The molecule has 2 rings (SSSR count). The lowest BCUT2D eigenvalue weighted by Crippen LogP contribution is -2.17. The van der Waals surface area contributed by atoms with Gasteiger partial charge in [0.25, 0.3) is 0 Å². The molecule has 0 bridgehead atoms. The van der Waals surface area contributed by atoms with Gasteiger partial charge in [-0.2, -0.15) is 0 Å². The number of carbonyl (C=O) groups is 1. The molecule has 0 aliphatic heterocycles. The Hall–Kier alpha value is -1.81. The van der Waals surface area contributed by atoms with Crippen LogP contribution in [0.25, 0.3) is 0 Å². The Morgan fingerprint density at radius 2 is 2.22 bits per heavy atom. The van der Waals surface area contributed by atoms with E-state index in [1.807, 2.05) is 12.1 Å². The van der Waals surface area contributed by atoms with E-state index in [4.69, 9.17) is 5.11 Å². The topological polar surface area (TPSA) is 49.3 Å². The molecule has 94 valence electrons. The number of nitrogens with one attached hydrogen (secondary N) is 1. The molecule has 0 saturated carbocycles. The van der Waals surface area contributed by atoms with E-state index in [9.17, 15) is 4.79 Å². The average molecular weight is 261 g/mol. The smallest absolute Gasteiger partial charge is 0.335 e. The van der Waals surface area contributed by atoms with Crippen molar-refractivity contribution in [2.24, 2.45) is 0 Å². The molecule has 1 aromatic heterocycles. The lowest BCUT2D eigenvalue weighted by atomic mass is 10.1. The molecule has 1 heterocycles. The summed E-state index contributed by atoms with van der Waals surface area (Å²) in [4.78, 5) is 12.2. The number of carboxylic acid groups (broad SMARTS) is 1. The number of rotatable bonds is 5. The number of carboxylic acids is 1. The fourth-order valence-corrected chi connectivity index (χ4v) is 2.64. The Morgan fingerprint density at radius 3 is 2.89 bits per heavy atom. The van der Waals surface area contributed by atoms with Gasteiger partial charge in [0.2, 0.25) is 0 Å². The van der Waals surface area contributed by atoms with E-state index in [2.05, 4.69) is 23.7 Å². The number of hydrogen-bond acceptors (Lipinski definition) is 3. The van der Waals surface area contributed by atoms with Gasteiger partial charge in [0.05, 0.1) is 5.56 Å². The second-order valence-corrected chi connectivity index (χ2v) is 5.25. The highest BCUT2D eigenvalue weighted by Crippen LogP contribution is 2.16. The predicted octanol–water partition coefficient (Wildman–Crippen LogP) is 3.49. The molecule has 2 aromatic rings. The maximum atomic E-state index is 10.9. The monoisotopic (exact) mass is 261 g/mol. The molecular formula is C14H15NO2S. The van der Waals surface area contributed by atoms with Crippen molar-refractivity contribution in [1.29, 1.82) is 0 Å². The van der Waals surface area contributed by atoms with E-state index in [0.717, 1.165) is 12.1 Å². The summed E-state index contributed by atoms with van der Waals surface area (Å²) < 4.78 is 0. The first-order chi connectivity index (χ1) is 8.65. The Balaban J connectivity index is 2.00. The molecule has 0 radical (unpaired) electrons. The minimum Gasteiger partial charge on any atom is -0.478 e. The summed E-state index contributed by atoms with van der Waals surface area (Å²) in [5, 5.41) is 14.3. The molecule has 18 heavy (non-hydrogen) atoms. The number of thiophene rings is 1. The van der Waals surface area contributed by atoms with Gasteiger partial charge in [0.1, 0.15) is 0 Å². The number of anilines is 1. The average Bonchev–Trinajstić information content (AvgIpc) is 2.82. The van der Waals surface area contributed by atoms with Crippen molar-refractivity contribution in [1.82, 2.24) is 0 Å². The molecule has 0 aliphatic carbocycles. The molecule has 1 aromatic carbocycles. The van der Waals surface area contributed by atoms with Crippen LogP contribution in [-0.2, 0) is 6.42 Å². The molecule has 0 amide bonds. The van der Waals surface area contributed by atoms with E-state index in [0.29, 0.717) is 5.56 Å². The first-order valence-electron chi connectivity index (χ1n) is 5.77. The fraction of sp³-hybridized carbons (Fsp3) is 0.214. The van der Waals surface area contributed by atoms with Crippen molar-refractivity contribution in [3.05, 3.63) is 52.2 Å². The Morgan fingerprint density at radius 1 is 1.39 bits per heavy atom. The standard InChI is InChI=1S/C14H15NO2S/c1-10(8-13-6-3-7-18-13)15-12-5-2-4-11(9-12)14(16)17/h2-7,9-10,15H,8H2,1H3,(H,16,17). The van der Waals surface area contributed by atoms with Crippen molar-refractivity contribution in [3.63, 3.8) is 0 Å². The zero-order valence-corrected chi connectivity index (χ0v) is 10.9. The van der Waals surface area contributed by atoms with Crippen molar-refractivity contribution >= 4 is 23.0 Å². The van der Waals surface area contributed by atoms with Gasteiger partial charge in [-0.05, 0) is 36.6 Å². The van der Waals surface area contributed by atoms with E-state index >= 15 is 0 Å². The van der Waals surface area contributed by atoms with Gasteiger partial charge < -0.3 is 10.4 Å². The van der Waals surface area contributed by atoms with Crippen LogP contribution >= 0.6 is 11.3 Å². The van der Waals surface area contributed by atoms with Crippen LogP contribution in [0.1, 0.15) is 22.2 Å². The second-order valence-electron chi connectivity index (χ2n) is 4.21. The van der Waals surface area contributed by atoms with Crippen LogP contribution in [0.5, 0.6) is 0 Å². The van der Waals surface area contributed by atoms with Crippen LogP contribution in [0, 0.1) is 0 Å². The van der Waals surface area contributed by atoms with Gasteiger partial charge in [0.15, 0.2) is 0 Å². The van der Waals surface area contributed by atoms with Crippen molar-refractivity contribution in [2.75, 3.05) is 5.32 Å². The third-order valence-electron chi connectivity index (χ3n) is 2.61. The van der Waals surface area contributed by atoms with E-state index < -0.39 is 5.97 Å². The molecule has 3 nitrogen and oxygen atoms in total. The van der Waals surface area contributed by atoms with Crippen molar-refractivity contribution in [2.45, 2.75) is 19.4 Å². The molecule has 0 spiro atoms. The fourth-order valence-electron chi connectivity index (χ4n) is 1.81. The molecule has 1 atom stereocenters. The summed E-state index contributed by atoms with van der Waals surface area (Å²) in [5.74, 6) is -0.899. The molecular weight excluding hydrogens is 246 g/mol. The maximum Gasteiger partial charge on any atom is 0.335 e. The Bertz CT molecular complexity index is 522. The number of hydrogen-bond donors (Lipinski definition) is 2. The highest BCUT2D eigenvalue weighted by atomic mass is 32.1. The first kappa shape index (κ1) is 12.6. The van der Waals surface area contributed by atoms with Crippen molar-refractivity contribution in [3.8, 4) is 0 Å². The summed E-state index contributed by atoms with van der Waals surface area (Å²) in [6.45, 7) is 2.09. The largest absolute Gasteiger partial charge is 0.478 e. The zero-order valence-electron chi connectivity index (χ0n) is 10.1. The molecule has 2 N–H and O–H groups in total. The van der Waals surface area contributed by atoms with Crippen LogP contribution in [0.15, 0.2) is 41.8 Å². The van der Waals surface area contributed by atoms with E-state index in [1.165, 1.54) is 4.88 Å². The number of aromatic carboxylic acids is 1. The first-order valence-corrected chi connectivity index (χ1v) is 6.65. The molecule has 4 heteroatoms. The van der Waals surface area contributed by atoms with Gasteiger partial charge in [-0.15, -0.1) is 11.3 Å². The lowest BCUT2D eigenvalue weighted by molar-refractivity contribution is 0.0697. The second kappa shape index (κ2) is 5.69. The van der Waals surface area contributed by atoms with Crippen LogP contribution < -0.4 is 5.32 Å². The normalized spacial score (nSPS) is 12.1. The van der Waals surface area contributed by atoms with E-state index in [1.54, 1.807) is 29.5 Å². The lowest BCUT2D eigenvalue weighted by Gasteiger charge is -2.14. The maximum absolute atomic E-state index is 10.9.